The second kappa shape index (κ2) is 5.79. The van der Waals surface area contributed by atoms with E-state index in [4.69, 9.17) is 4.74 Å². The van der Waals surface area contributed by atoms with Crippen LogP contribution >= 0.6 is 0 Å². The van der Waals surface area contributed by atoms with Crippen molar-refractivity contribution in [3.8, 4) is 0 Å². The van der Waals surface area contributed by atoms with Crippen LogP contribution in [0.5, 0.6) is 0 Å². The van der Waals surface area contributed by atoms with Gasteiger partial charge in [-0.15, -0.1) is 0 Å². The number of aromatic nitrogens is 3. The maximum Gasteiger partial charge on any atom is 0.152 e. The predicted molar refractivity (Wildman–Crippen MR) is 79.2 cm³/mol. The molecule has 1 fully saturated rings. The molecule has 0 saturated carbocycles. The van der Waals surface area contributed by atoms with E-state index in [2.05, 4.69) is 35.3 Å². The Bertz CT molecular complexity index is 572. The molecule has 2 aromatic rings. The minimum absolute atomic E-state index is 0.304. The van der Waals surface area contributed by atoms with E-state index in [0.717, 1.165) is 36.6 Å². The van der Waals surface area contributed by atoms with Gasteiger partial charge in [0.25, 0.3) is 0 Å². The lowest BCUT2D eigenvalue weighted by atomic mass is 10.1. The van der Waals surface area contributed by atoms with E-state index in [1.807, 2.05) is 10.7 Å². The van der Waals surface area contributed by atoms with Crippen molar-refractivity contribution in [1.29, 1.82) is 0 Å². The van der Waals surface area contributed by atoms with Crippen LogP contribution in [0, 0.1) is 0 Å². The van der Waals surface area contributed by atoms with E-state index in [-0.39, 0.29) is 0 Å². The van der Waals surface area contributed by atoms with Crippen molar-refractivity contribution in [2.24, 2.45) is 0 Å². The highest BCUT2D eigenvalue weighted by molar-refractivity contribution is 5.67. The topological polar surface area (TPSA) is 51.5 Å². The summed E-state index contributed by atoms with van der Waals surface area (Å²) in [5.74, 6) is 1.31. The van der Waals surface area contributed by atoms with E-state index >= 15 is 0 Å². The first kappa shape index (κ1) is 13.4. The van der Waals surface area contributed by atoms with Crippen LogP contribution in [0.1, 0.15) is 44.7 Å². The zero-order valence-electron chi connectivity index (χ0n) is 12.2. The van der Waals surface area contributed by atoms with E-state index in [0.29, 0.717) is 12.0 Å². The van der Waals surface area contributed by atoms with Gasteiger partial charge in [-0.2, -0.15) is 5.10 Å². The highest BCUT2D eigenvalue weighted by Gasteiger charge is 2.15. The average molecular weight is 274 g/mol. The molecule has 1 unspecified atom stereocenters. The lowest BCUT2D eigenvalue weighted by Gasteiger charge is -2.23. The van der Waals surface area contributed by atoms with Gasteiger partial charge < -0.3 is 10.1 Å². The summed E-state index contributed by atoms with van der Waals surface area (Å²) in [7, 11) is 0. The Morgan fingerprint density at radius 1 is 1.45 bits per heavy atom. The molecule has 1 aliphatic heterocycles. The molecule has 0 radical (unpaired) electrons. The molecular formula is C15H22N4O. The van der Waals surface area contributed by atoms with Crippen LogP contribution in [0.2, 0.25) is 0 Å². The molecule has 0 aromatic carbocycles. The fourth-order valence-electron chi connectivity index (χ4n) is 2.54. The van der Waals surface area contributed by atoms with Crippen molar-refractivity contribution in [3.05, 3.63) is 24.2 Å². The molecule has 0 bridgehead atoms. The summed E-state index contributed by atoms with van der Waals surface area (Å²) in [6.45, 7) is 6.00. The Morgan fingerprint density at radius 3 is 3.10 bits per heavy atom. The smallest absolute Gasteiger partial charge is 0.152 e. The first-order chi connectivity index (χ1) is 9.74. The summed E-state index contributed by atoms with van der Waals surface area (Å²) in [6, 6.07) is 2.11. The number of hydrogen-bond acceptors (Lipinski definition) is 4. The molecule has 3 heterocycles. The number of rotatable bonds is 4. The highest BCUT2D eigenvalue weighted by atomic mass is 16.5. The summed E-state index contributed by atoms with van der Waals surface area (Å²) in [5, 5.41) is 7.99. The summed E-state index contributed by atoms with van der Waals surface area (Å²) in [6.07, 6.45) is 7.56. The van der Waals surface area contributed by atoms with Crippen LogP contribution < -0.4 is 5.32 Å². The van der Waals surface area contributed by atoms with Crippen LogP contribution in [-0.2, 0) is 4.74 Å². The fourth-order valence-corrected chi connectivity index (χ4v) is 2.54. The number of nitrogens with one attached hydrogen (secondary N) is 1. The molecule has 108 valence electrons. The van der Waals surface area contributed by atoms with Gasteiger partial charge in [0.05, 0.1) is 11.8 Å². The third kappa shape index (κ3) is 2.77. The van der Waals surface area contributed by atoms with Crippen molar-refractivity contribution in [2.45, 2.75) is 45.1 Å². The maximum absolute atomic E-state index is 5.74. The largest absolute Gasteiger partial charge is 0.376 e. The normalized spacial score (nSPS) is 19.6. The monoisotopic (exact) mass is 274 g/mol. The lowest BCUT2D eigenvalue weighted by Crippen LogP contribution is -2.27. The molecule has 1 saturated heterocycles. The Balaban J connectivity index is 1.76. The van der Waals surface area contributed by atoms with Crippen molar-refractivity contribution in [2.75, 3.05) is 18.5 Å². The molecule has 5 heteroatoms. The van der Waals surface area contributed by atoms with Gasteiger partial charge in [-0.3, -0.25) is 0 Å². The number of fused-ring (bicyclic) bond motifs is 1. The van der Waals surface area contributed by atoms with Crippen molar-refractivity contribution < 1.29 is 4.74 Å². The molecule has 20 heavy (non-hydrogen) atoms. The van der Waals surface area contributed by atoms with Crippen molar-refractivity contribution in [1.82, 2.24) is 14.6 Å². The minimum atomic E-state index is 0.304. The summed E-state index contributed by atoms with van der Waals surface area (Å²) in [4.78, 5) is 4.44. The molecule has 0 amide bonds. The van der Waals surface area contributed by atoms with Crippen LogP contribution in [0.15, 0.2) is 18.5 Å². The lowest BCUT2D eigenvalue weighted by molar-refractivity contribution is 0.0247. The summed E-state index contributed by atoms with van der Waals surface area (Å²) < 4.78 is 7.64. The molecule has 0 spiro atoms. The minimum Gasteiger partial charge on any atom is -0.376 e. The van der Waals surface area contributed by atoms with E-state index in [9.17, 15) is 0 Å². The molecule has 0 aliphatic carbocycles. The Labute approximate surface area is 119 Å². The highest BCUT2D eigenvalue weighted by Crippen LogP contribution is 2.20. The van der Waals surface area contributed by atoms with Gasteiger partial charge in [0.2, 0.25) is 0 Å². The van der Waals surface area contributed by atoms with Crippen molar-refractivity contribution in [3.63, 3.8) is 0 Å². The SMILES string of the molecule is CC(C)c1cc2c(NCC3CCCCO3)nccn2n1. The third-order valence-electron chi connectivity index (χ3n) is 3.77. The summed E-state index contributed by atoms with van der Waals surface area (Å²) in [5.41, 5.74) is 2.13. The first-order valence-corrected chi connectivity index (χ1v) is 7.44. The number of hydrogen-bond donors (Lipinski definition) is 1. The van der Waals surface area contributed by atoms with Gasteiger partial charge >= 0.3 is 0 Å². The van der Waals surface area contributed by atoms with E-state index in [1.165, 1.54) is 12.8 Å². The number of anilines is 1. The molecular weight excluding hydrogens is 252 g/mol. The third-order valence-corrected chi connectivity index (χ3v) is 3.77. The van der Waals surface area contributed by atoms with Crippen LogP contribution in [0.4, 0.5) is 5.82 Å². The molecule has 3 rings (SSSR count). The second-order valence-electron chi connectivity index (χ2n) is 5.70. The summed E-state index contributed by atoms with van der Waals surface area (Å²) >= 11 is 0. The van der Waals surface area contributed by atoms with Gasteiger partial charge in [0, 0.05) is 25.5 Å². The number of ether oxygens (including phenoxy) is 1. The maximum atomic E-state index is 5.74. The van der Waals surface area contributed by atoms with Gasteiger partial charge in [-0.25, -0.2) is 9.50 Å². The molecule has 1 atom stereocenters. The van der Waals surface area contributed by atoms with Crippen LogP contribution in [-0.4, -0.2) is 33.9 Å². The molecule has 1 N–H and O–H groups in total. The standard InChI is InChI=1S/C15H22N4O/c1-11(2)13-9-14-15(16-6-7-19(14)18-13)17-10-12-5-3-4-8-20-12/h6-7,9,11-12H,3-5,8,10H2,1-2H3,(H,16,17). The first-order valence-electron chi connectivity index (χ1n) is 7.44. The Morgan fingerprint density at radius 2 is 2.35 bits per heavy atom. The Kier molecular flexibility index (Phi) is 3.87. The van der Waals surface area contributed by atoms with E-state index in [1.54, 1.807) is 6.20 Å². The fraction of sp³-hybridized carbons (Fsp3) is 0.600. The number of nitrogens with zero attached hydrogens (tertiary/aromatic N) is 3. The zero-order chi connectivity index (χ0) is 13.9. The average Bonchev–Trinajstić information content (AvgIpc) is 2.91. The van der Waals surface area contributed by atoms with Crippen LogP contribution in [0.3, 0.4) is 0 Å². The quantitative estimate of drug-likeness (QED) is 0.931. The van der Waals surface area contributed by atoms with Gasteiger partial charge in [0.1, 0.15) is 5.52 Å². The molecule has 2 aromatic heterocycles. The van der Waals surface area contributed by atoms with E-state index < -0.39 is 0 Å². The zero-order valence-corrected chi connectivity index (χ0v) is 12.2. The van der Waals surface area contributed by atoms with Gasteiger partial charge in [-0.1, -0.05) is 13.8 Å². The van der Waals surface area contributed by atoms with Gasteiger partial charge in [-0.05, 0) is 31.2 Å². The van der Waals surface area contributed by atoms with Crippen molar-refractivity contribution >= 4 is 11.3 Å². The molecule has 1 aliphatic rings. The van der Waals surface area contributed by atoms with Crippen LogP contribution in [0.25, 0.3) is 5.52 Å². The Hall–Kier alpha value is -1.62. The van der Waals surface area contributed by atoms with Gasteiger partial charge in [0.15, 0.2) is 5.82 Å². The molecule has 5 nitrogen and oxygen atoms in total. The second-order valence-corrected chi connectivity index (χ2v) is 5.70. The predicted octanol–water partition coefficient (Wildman–Crippen LogP) is 2.83.